The van der Waals surface area contributed by atoms with E-state index >= 15 is 0 Å². The van der Waals surface area contributed by atoms with E-state index in [9.17, 15) is 14.7 Å². The number of carbonyl (C=O) groups excluding carboxylic acids is 1. The molecule has 1 aliphatic carbocycles. The van der Waals surface area contributed by atoms with Gasteiger partial charge in [0.15, 0.2) is 0 Å². The first kappa shape index (κ1) is 28.1. The summed E-state index contributed by atoms with van der Waals surface area (Å²) < 4.78 is 12.8. The summed E-state index contributed by atoms with van der Waals surface area (Å²) in [5.74, 6) is 0.640. The number of hydrogen-bond donors (Lipinski definition) is 2. The van der Waals surface area contributed by atoms with Gasteiger partial charge in [0, 0.05) is 22.7 Å². The molecule has 1 aliphatic rings. The zero-order valence-corrected chi connectivity index (χ0v) is 23.8. The van der Waals surface area contributed by atoms with E-state index in [0.717, 1.165) is 34.9 Å². The van der Waals surface area contributed by atoms with E-state index in [1.165, 1.54) is 36.7 Å². The van der Waals surface area contributed by atoms with Gasteiger partial charge in [0.05, 0.1) is 19.9 Å². The standard InChI is InChI=1S/C32H36N4O5/c1-20-15-28(41-3)24(17-27(20)40-2)30-23(14-13-21-9-5-4-6-10-21)18-33-32(34-30)35-31(39)26-16-22-11-7-8-12-25(22)36(26)19-29(37)38/h7-8,11-12,15-18,21H,4-6,9-10,13-14,19H2,1-3H3,(H,37,38)(H,33,34,35,39). The van der Waals surface area contributed by atoms with Gasteiger partial charge >= 0.3 is 5.97 Å². The summed E-state index contributed by atoms with van der Waals surface area (Å²) in [7, 11) is 3.25. The van der Waals surface area contributed by atoms with Crippen LogP contribution in [0.25, 0.3) is 22.2 Å². The molecule has 2 N–H and O–H groups in total. The Morgan fingerprint density at radius 2 is 1.80 bits per heavy atom. The molecule has 0 unspecified atom stereocenters. The second kappa shape index (κ2) is 12.4. The molecule has 1 saturated carbocycles. The summed E-state index contributed by atoms with van der Waals surface area (Å²) >= 11 is 0. The van der Waals surface area contributed by atoms with Gasteiger partial charge in [0.2, 0.25) is 5.95 Å². The van der Waals surface area contributed by atoms with Crippen LogP contribution in [0.15, 0.2) is 48.7 Å². The Morgan fingerprint density at radius 1 is 1.05 bits per heavy atom. The number of aliphatic carboxylic acids is 1. The van der Waals surface area contributed by atoms with Crippen LogP contribution in [0.5, 0.6) is 11.5 Å². The summed E-state index contributed by atoms with van der Waals surface area (Å²) in [5.41, 5.74) is 4.22. The van der Waals surface area contributed by atoms with Gasteiger partial charge in [-0.15, -0.1) is 0 Å². The topological polar surface area (TPSA) is 116 Å². The Bertz CT molecular complexity index is 1570. The highest BCUT2D eigenvalue weighted by atomic mass is 16.5. The van der Waals surface area contributed by atoms with E-state index in [2.05, 4.69) is 10.3 Å². The summed E-state index contributed by atoms with van der Waals surface area (Å²) in [6, 6.07) is 12.8. The number of rotatable bonds is 10. The number of nitrogens with zero attached hydrogens (tertiary/aromatic N) is 3. The highest BCUT2D eigenvalue weighted by molar-refractivity contribution is 6.06. The summed E-state index contributed by atoms with van der Waals surface area (Å²) in [5, 5.41) is 13.1. The van der Waals surface area contributed by atoms with E-state index in [0.29, 0.717) is 28.6 Å². The quantitative estimate of drug-likeness (QED) is 0.236. The second-order valence-corrected chi connectivity index (χ2v) is 10.7. The third kappa shape index (κ3) is 6.19. The van der Waals surface area contributed by atoms with Crippen LogP contribution in [0.1, 0.15) is 60.1 Å². The zero-order chi connectivity index (χ0) is 28.9. The lowest BCUT2D eigenvalue weighted by Crippen LogP contribution is -2.21. The molecule has 0 atom stereocenters. The summed E-state index contributed by atoms with van der Waals surface area (Å²) in [4.78, 5) is 34.4. The number of amides is 1. The first-order valence-corrected chi connectivity index (χ1v) is 14.1. The van der Waals surface area contributed by atoms with Crippen molar-refractivity contribution in [3.8, 4) is 22.8 Å². The molecule has 2 heterocycles. The van der Waals surface area contributed by atoms with E-state index in [4.69, 9.17) is 14.5 Å². The molecule has 2 aromatic heterocycles. The Kier molecular flexibility index (Phi) is 8.52. The van der Waals surface area contributed by atoms with Crippen molar-refractivity contribution < 1.29 is 24.2 Å². The van der Waals surface area contributed by atoms with Crippen LogP contribution in [0.2, 0.25) is 0 Å². The summed E-state index contributed by atoms with van der Waals surface area (Å²) in [6.45, 7) is 1.61. The number of aromatic nitrogens is 3. The maximum atomic E-state index is 13.5. The number of hydrogen-bond acceptors (Lipinski definition) is 6. The van der Waals surface area contributed by atoms with Crippen LogP contribution in [0.3, 0.4) is 0 Å². The third-order valence-electron chi connectivity index (χ3n) is 7.95. The highest BCUT2D eigenvalue weighted by Crippen LogP contribution is 2.38. The van der Waals surface area contributed by atoms with Gasteiger partial charge in [-0.25, -0.2) is 9.97 Å². The average Bonchev–Trinajstić information content (AvgIpc) is 3.34. The largest absolute Gasteiger partial charge is 0.496 e. The number of carboxylic acid groups (broad SMARTS) is 1. The van der Waals surface area contributed by atoms with Gasteiger partial charge in [-0.1, -0.05) is 50.3 Å². The maximum Gasteiger partial charge on any atom is 0.323 e. The molecular weight excluding hydrogens is 520 g/mol. The number of carbonyl (C=O) groups is 2. The van der Waals surface area contributed by atoms with Crippen LogP contribution in [0.4, 0.5) is 5.95 Å². The van der Waals surface area contributed by atoms with Crippen molar-refractivity contribution >= 4 is 28.7 Å². The molecule has 1 amide bonds. The van der Waals surface area contributed by atoms with Gasteiger partial charge in [0.1, 0.15) is 23.7 Å². The summed E-state index contributed by atoms with van der Waals surface area (Å²) in [6.07, 6.45) is 9.99. The Hall–Kier alpha value is -4.40. The average molecular weight is 557 g/mol. The van der Waals surface area contributed by atoms with Crippen molar-refractivity contribution in [2.45, 2.75) is 58.4 Å². The molecule has 4 aromatic rings. The number of anilines is 1. The van der Waals surface area contributed by atoms with Crippen LogP contribution in [0, 0.1) is 12.8 Å². The van der Waals surface area contributed by atoms with E-state index in [1.54, 1.807) is 32.5 Å². The van der Waals surface area contributed by atoms with Crippen LogP contribution in [-0.4, -0.2) is 45.7 Å². The van der Waals surface area contributed by atoms with Crippen LogP contribution < -0.4 is 14.8 Å². The molecule has 5 rings (SSSR count). The van der Waals surface area contributed by atoms with E-state index in [1.807, 2.05) is 37.3 Å². The Morgan fingerprint density at radius 3 is 2.54 bits per heavy atom. The number of fused-ring (bicyclic) bond motifs is 1. The fourth-order valence-electron chi connectivity index (χ4n) is 5.82. The number of aryl methyl sites for hydroxylation is 2. The van der Waals surface area contributed by atoms with Crippen molar-refractivity contribution in [3.05, 3.63) is 65.5 Å². The van der Waals surface area contributed by atoms with Crippen molar-refractivity contribution in [3.63, 3.8) is 0 Å². The van der Waals surface area contributed by atoms with Gasteiger partial charge in [-0.2, -0.15) is 0 Å². The number of benzene rings is 2. The predicted molar refractivity (Wildman–Crippen MR) is 158 cm³/mol. The van der Waals surface area contributed by atoms with E-state index in [-0.39, 0.29) is 18.2 Å². The Balaban J connectivity index is 1.52. The Labute approximate surface area is 239 Å². The first-order chi connectivity index (χ1) is 19.9. The fourth-order valence-corrected chi connectivity index (χ4v) is 5.82. The number of nitrogens with one attached hydrogen (secondary N) is 1. The fraction of sp³-hybridized carbons (Fsp3) is 0.375. The molecule has 0 radical (unpaired) electrons. The van der Waals surface area contributed by atoms with Crippen molar-refractivity contribution in [1.29, 1.82) is 0 Å². The molecule has 0 aliphatic heterocycles. The maximum absolute atomic E-state index is 13.5. The van der Waals surface area contributed by atoms with Gasteiger partial charge < -0.3 is 19.1 Å². The molecule has 9 nitrogen and oxygen atoms in total. The first-order valence-electron chi connectivity index (χ1n) is 14.1. The van der Waals surface area contributed by atoms with Gasteiger partial charge in [0.25, 0.3) is 5.91 Å². The third-order valence-corrected chi connectivity index (χ3v) is 7.95. The number of para-hydroxylation sites is 1. The minimum atomic E-state index is -1.04. The molecule has 2 aromatic carbocycles. The molecule has 0 bridgehead atoms. The van der Waals surface area contributed by atoms with Crippen LogP contribution in [-0.2, 0) is 17.8 Å². The van der Waals surface area contributed by atoms with Crippen molar-refractivity contribution in [1.82, 2.24) is 14.5 Å². The minimum Gasteiger partial charge on any atom is -0.496 e. The molecule has 1 fully saturated rings. The van der Waals surface area contributed by atoms with Crippen molar-refractivity contribution in [2.75, 3.05) is 19.5 Å². The van der Waals surface area contributed by atoms with E-state index < -0.39 is 11.9 Å². The minimum absolute atomic E-state index is 0.125. The molecule has 0 spiro atoms. The number of carboxylic acids is 1. The molecule has 214 valence electrons. The van der Waals surface area contributed by atoms with Gasteiger partial charge in [-0.3, -0.25) is 14.9 Å². The predicted octanol–water partition coefficient (Wildman–Crippen LogP) is 6.27. The smallest absolute Gasteiger partial charge is 0.323 e. The van der Waals surface area contributed by atoms with Crippen LogP contribution >= 0.6 is 0 Å². The molecule has 0 saturated heterocycles. The zero-order valence-electron chi connectivity index (χ0n) is 23.8. The lowest BCUT2D eigenvalue weighted by atomic mass is 9.85. The lowest BCUT2D eigenvalue weighted by molar-refractivity contribution is -0.137. The highest BCUT2D eigenvalue weighted by Gasteiger charge is 2.22. The SMILES string of the molecule is COc1cc(-c2nc(NC(=O)c3cc4ccccc4n3CC(=O)O)ncc2CCC2CCCCC2)c(OC)cc1C. The number of ether oxygens (including phenoxy) is 2. The molecule has 41 heavy (non-hydrogen) atoms. The molecular formula is C32H36N4O5. The number of methoxy groups -OCH3 is 2. The molecule has 9 heteroatoms. The van der Waals surface area contributed by atoms with Gasteiger partial charge in [-0.05, 0) is 61.1 Å². The second-order valence-electron chi connectivity index (χ2n) is 10.7. The monoisotopic (exact) mass is 556 g/mol. The normalized spacial score (nSPS) is 13.7. The lowest BCUT2D eigenvalue weighted by Gasteiger charge is -2.22. The van der Waals surface area contributed by atoms with Crippen molar-refractivity contribution in [2.24, 2.45) is 5.92 Å².